The second-order valence-corrected chi connectivity index (χ2v) is 6.17. The highest BCUT2D eigenvalue weighted by atomic mass is 35.5. The standard InChI is InChI=1S/C17H16ClN5S/c1-22(2)13-9-7-12(8-10-13)11-19-23-16(20-21-17(23)24)14-5-3-4-6-15(14)18/h3-11H,1-2H3,(H,21,24). The van der Waals surface area contributed by atoms with Gasteiger partial charge in [-0.1, -0.05) is 35.9 Å². The lowest BCUT2D eigenvalue weighted by Gasteiger charge is -2.11. The quantitative estimate of drug-likeness (QED) is 0.562. The Morgan fingerprint density at radius 1 is 1.17 bits per heavy atom. The first-order chi connectivity index (χ1) is 11.6. The molecule has 0 saturated carbocycles. The van der Waals surface area contributed by atoms with Crippen molar-refractivity contribution < 1.29 is 0 Å². The molecule has 122 valence electrons. The zero-order valence-electron chi connectivity index (χ0n) is 13.3. The molecular weight excluding hydrogens is 342 g/mol. The Hall–Kier alpha value is -2.44. The highest BCUT2D eigenvalue weighted by Crippen LogP contribution is 2.25. The van der Waals surface area contributed by atoms with E-state index in [4.69, 9.17) is 23.8 Å². The number of hydrogen-bond acceptors (Lipinski definition) is 4. The van der Waals surface area contributed by atoms with Gasteiger partial charge in [0.2, 0.25) is 4.77 Å². The van der Waals surface area contributed by atoms with Crippen molar-refractivity contribution in [2.75, 3.05) is 19.0 Å². The maximum Gasteiger partial charge on any atom is 0.216 e. The largest absolute Gasteiger partial charge is 0.378 e. The lowest BCUT2D eigenvalue weighted by atomic mass is 10.2. The van der Waals surface area contributed by atoms with E-state index in [1.54, 1.807) is 10.9 Å². The summed E-state index contributed by atoms with van der Waals surface area (Å²) >= 11 is 11.5. The Balaban J connectivity index is 1.95. The molecule has 3 rings (SSSR count). The molecule has 0 radical (unpaired) electrons. The minimum atomic E-state index is 0.408. The lowest BCUT2D eigenvalue weighted by molar-refractivity contribution is 0.871. The molecule has 0 amide bonds. The Labute approximate surface area is 150 Å². The first-order valence-corrected chi connectivity index (χ1v) is 8.09. The van der Waals surface area contributed by atoms with E-state index in [1.165, 1.54) is 0 Å². The molecule has 0 fully saturated rings. The van der Waals surface area contributed by atoms with Crippen LogP contribution in [0, 0.1) is 4.77 Å². The van der Waals surface area contributed by atoms with Gasteiger partial charge in [-0.05, 0) is 42.0 Å². The Bertz CT molecular complexity index is 925. The molecule has 0 aliphatic rings. The highest BCUT2D eigenvalue weighted by molar-refractivity contribution is 7.71. The third-order valence-electron chi connectivity index (χ3n) is 3.50. The van der Waals surface area contributed by atoms with Crippen LogP contribution in [0.5, 0.6) is 0 Å². The van der Waals surface area contributed by atoms with Gasteiger partial charge in [0.1, 0.15) is 0 Å². The summed E-state index contributed by atoms with van der Waals surface area (Å²) in [5.74, 6) is 0.576. The zero-order chi connectivity index (χ0) is 17.1. The SMILES string of the molecule is CN(C)c1ccc(C=Nn2c(-c3ccccc3Cl)n[nH]c2=S)cc1. The third-order valence-corrected chi connectivity index (χ3v) is 4.09. The van der Waals surface area contributed by atoms with Crippen LogP contribution in [0.3, 0.4) is 0 Å². The van der Waals surface area contributed by atoms with Crippen LogP contribution in [0.2, 0.25) is 5.02 Å². The molecule has 1 aromatic heterocycles. The van der Waals surface area contributed by atoms with Crippen LogP contribution < -0.4 is 4.90 Å². The maximum atomic E-state index is 6.25. The van der Waals surface area contributed by atoms with Crippen LogP contribution in [0.1, 0.15) is 5.56 Å². The first kappa shape index (κ1) is 16.4. The summed E-state index contributed by atoms with van der Waals surface area (Å²) in [5, 5.41) is 12.0. The van der Waals surface area contributed by atoms with Crippen molar-refractivity contribution in [2.24, 2.45) is 5.10 Å². The zero-order valence-corrected chi connectivity index (χ0v) is 14.8. The van der Waals surface area contributed by atoms with Gasteiger partial charge < -0.3 is 4.90 Å². The van der Waals surface area contributed by atoms with E-state index in [2.05, 4.69) is 15.3 Å². The molecular formula is C17H16ClN5S. The molecule has 0 unspecified atom stereocenters. The molecule has 0 aliphatic heterocycles. The fraction of sp³-hybridized carbons (Fsp3) is 0.118. The summed E-state index contributed by atoms with van der Waals surface area (Å²) in [6, 6.07) is 15.5. The number of benzene rings is 2. The molecule has 7 heteroatoms. The number of anilines is 1. The van der Waals surface area contributed by atoms with Crippen molar-refractivity contribution in [3.63, 3.8) is 0 Å². The monoisotopic (exact) mass is 357 g/mol. The van der Waals surface area contributed by atoms with E-state index in [1.807, 2.05) is 67.5 Å². The number of halogens is 1. The Kier molecular flexibility index (Phi) is 4.78. The minimum Gasteiger partial charge on any atom is -0.378 e. The van der Waals surface area contributed by atoms with Crippen LogP contribution in [-0.4, -0.2) is 35.2 Å². The molecule has 0 saturated heterocycles. The van der Waals surface area contributed by atoms with Gasteiger partial charge >= 0.3 is 0 Å². The Morgan fingerprint density at radius 3 is 2.54 bits per heavy atom. The van der Waals surface area contributed by atoms with E-state index in [0.717, 1.165) is 16.8 Å². The lowest BCUT2D eigenvalue weighted by Crippen LogP contribution is -2.08. The summed E-state index contributed by atoms with van der Waals surface area (Å²) in [6.07, 6.45) is 1.74. The van der Waals surface area contributed by atoms with Crippen molar-refractivity contribution in [3.8, 4) is 11.4 Å². The van der Waals surface area contributed by atoms with Gasteiger partial charge in [-0.15, -0.1) is 0 Å². The molecule has 0 spiro atoms. The van der Waals surface area contributed by atoms with Crippen LogP contribution in [0.15, 0.2) is 53.6 Å². The smallest absolute Gasteiger partial charge is 0.216 e. The highest BCUT2D eigenvalue weighted by Gasteiger charge is 2.11. The molecule has 0 bridgehead atoms. The van der Waals surface area contributed by atoms with Gasteiger partial charge in [0.25, 0.3) is 0 Å². The number of aromatic amines is 1. The van der Waals surface area contributed by atoms with Crippen LogP contribution in [0.25, 0.3) is 11.4 Å². The molecule has 3 aromatic rings. The van der Waals surface area contributed by atoms with E-state index >= 15 is 0 Å². The predicted octanol–water partition coefficient (Wildman–Crippen LogP) is 4.21. The van der Waals surface area contributed by atoms with E-state index in [0.29, 0.717) is 15.6 Å². The summed E-state index contributed by atoms with van der Waals surface area (Å²) in [4.78, 5) is 2.04. The van der Waals surface area contributed by atoms with Gasteiger partial charge in [0, 0.05) is 25.3 Å². The van der Waals surface area contributed by atoms with Gasteiger partial charge in [0.05, 0.1) is 11.2 Å². The second kappa shape index (κ2) is 6.98. The predicted molar refractivity (Wildman–Crippen MR) is 102 cm³/mol. The number of rotatable bonds is 4. The van der Waals surface area contributed by atoms with Gasteiger partial charge in [-0.2, -0.15) is 14.9 Å². The fourth-order valence-corrected chi connectivity index (χ4v) is 2.60. The fourth-order valence-electron chi connectivity index (χ4n) is 2.20. The van der Waals surface area contributed by atoms with Crippen molar-refractivity contribution in [3.05, 3.63) is 63.9 Å². The summed E-state index contributed by atoms with van der Waals surface area (Å²) < 4.78 is 1.97. The van der Waals surface area contributed by atoms with Crippen LogP contribution in [-0.2, 0) is 0 Å². The molecule has 1 heterocycles. The van der Waals surface area contributed by atoms with Crippen LogP contribution >= 0.6 is 23.8 Å². The van der Waals surface area contributed by atoms with Crippen molar-refractivity contribution in [2.45, 2.75) is 0 Å². The topological polar surface area (TPSA) is 49.2 Å². The minimum absolute atomic E-state index is 0.408. The molecule has 24 heavy (non-hydrogen) atoms. The first-order valence-electron chi connectivity index (χ1n) is 7.30. The number of H-pyrrole nitrogens is 1. The number of nitrogens with zero attached hydrogens (tertiary/aromatic N) is 4. The average molecular weight is 358 g/mol. The summed E-state index contributed by atoms with van der Waals surface area (Å²) in [7, 11) is 4.01. The molecule has 5 nitrogen and oxygen atoms in total. The Morgan fingerprint density at radius 2 is 1.88 bits per heavy atom. The molecule has 0 aliphatic carbocycles. The van der Waals surface area contributed by atoms with Crippen molar-refractivity contribution in [1.82, 2.24) is 14.9 Å². The molecule has 2 aromatic carbocycles. The van der Waals surface area contributed by atoms with Crippen LogP contribution in [0.4, 0.5) is 5.69 Å². The third kappa shape index (κ3) is 3.39. The maximum absolute atomic E-state index is 6.25. The van der Waals surface area contributed by atoms with E-state index in [-0.39, 0.29) is 0 Å². The second-order valence-electron chi connectivity index (χ2n) is 5.37. The summed E-state index contributed by atoms with van der Waals surface area (Å²) in [6.45, 7) is 0. The van der Waals surface area contributed by atoms with E-state index < -0.39 is 0 Å². The number of hydrogen-bond donors (Lipinski definition) is 1. The van der Waals surface area contributed by atoms with E-state index in [9.17, 15) is 0 Å². The normalized spacial score (nSPS) is 11.1. The average Bonchev–Trinajstić information content (AvgIpc) is 2.94. The molecule has 0 atom stereocenters. The van der Waals surface area contributed by atoms with Crippen molar-refractivity contribution >= 4 is 35.7 Å². The number of aromatic nitrogens is 3. The number of nitrogens with one attached hydrogen (secondary N) is 1. The van der Waals surface area contributed by atoms with Crippen molar-refractivity contribution in [1.29, 1.82) is 0 Å². The van der Waals surface area contributed by atoms with Gasteiger partial charge in [0.15, 0.2) is 5.82 Å². The molecule has 1 N–H and O–H groups in total. The van der Waals surface area contributed by atoms with Gasteiger partial charge in [-0.25, -0.2) is 5.10 Å². The van der Waals surface area contributed by atoms with Gasteiger partial charge in [-0.3, -0.25) is 0 Å². The summed E-state index contributed by atoms with van der Waals surface area (Å²) in [5.41, 5.74) is 2.87.